The standard InChI is InChI=1S/C15H20BrNO3/c16-12-6-5-11(9-13(12)18)14(19)17-10-15(20)7-3-1-2-4-8-15/h5-6,9,18,20H,1-4,7-8,10H2,(H,17,19). The Morgan fingerprint density at radius 2 is 1.90 bits per heavy atom. The summed E-state index contributed by atoms with van der Waals surface area (Å²) < 4.78 is 0.552. The quantitative estimate of drug-likeness (QED) is 0.740. The van der Waals surface area contributed by atoms with Crippen LogP contribution >= 0.6 is 15.9 Å². The Balaban J connectivity index is 1.95. The second-order valence-corrected chi connectivity index (χ2v) is 6.34. The Bertz CT molecular complexity index is 482. The Morgan fingerprint density at radius 3 is 2.50 bits per heavy atom. The normalized spacial score (nSPS) is 18.3. The van der Waals surface area contributed by atoms with Gasteiger partial charge in [-0.1, -0.05) is 25.7 Å². The van der Waals surface area contributed by atoms with Gasteiger partial charge in [-0.2, -0.15) is 0 Å². The number of aliphatic hydroxyl groups is 1. The highest BCUT2D eigenvalue weighted by atomic mass is 79.9. The van der Waals surface area contributed by atoms with Crippen molar-refractivity contribution in [2.75, 3.05) is 6.54 Å². The maximum atomic E-state index is 12.0. The zero-order valence-electron chi connectivity index (χ0n) is 11.4. The minimum absolute atomic E-state index is 0.0332. The molecule has 1 fully saturated rings. The third-order valence-electron chi connectivity index (χ3n) is 3.82. The molecule has 0 aromatic heterocycles. The Morgan fingerprint density at radius 1 is 1.25 bits per heavy atom. The molecule has 0 unspecified atom stereocenters. The topological polar surface area (TPSA) is 69.6 Å². The van der Waals surface area contributed by atoms with Gasteiger partial charge in [-0.05, 0) is 47.0 Å². The molecule has 3 N–H and O–H groups in total. The van der Waals surface area contributed by atoms with E-state index in [4.69, 9.17) is 0 Å². The van der Waals surface area contributed by atoms with E-state index in [-0.39, 0.29) is 18.2 Å². The molecule has 0 radical (unpaired) electrons. The van der Waals surface area contributed by atoms with Crippen molar-refractivity contribution in [2.45, 2.75) is 44.1 Å². The van der Waals surface area contributed by atoms with Gasteiger partial charge in [-0.25, -0.2) is 0 Å². The van der Waals surface area contributed by atoms with Crippen LogP contribution in [0.4, 0.5) is 0 Å². The highest BCUT2D eigenvalue weighted by molar-refractivity contribution is 9.10. The van der Waals surface area contributed by atoms with E-state index in [1.807, 2.05) is 0 Å². The lowest BCUT2D eigenvalue weighted by Gasteiger charge is -2.26. The van der Waals surface area contributed by atoms with E-state index < -0.39 is 5.60 Å². The fraction of sp³-hybridized carbons (Fsp3) is 0.533. The van der Waals surface area contributed by atoms with Crippen molar-refractivity contribution in [2.24, 2.45) is 0 Å². The number of phenolic OH excluding ortho intramolecular Hbond substituents is 1. The first-order valence-electron chi connectivity index (χ1n) is 6.99. The fourth-order valence-corrected chi connectivity index (χ4v) is 2.81. The molecule has 0 saturated heterocycles. The molecule has 4 nitrogen and oxygen atoms in total. The number of hydrogen-bond acceptors (Lipinski definition) is 3. The Kier molecular flexibility index (Phi) is 5.05. The smallest absolute Gasteiger partial charge is 0.251 e. The molecule has 0 heterocycles. The highest BCUT2D eigenvalue weighted by Crippen LogP contribution is 2.27. The van der Waals surface area contributed by atoms with Crippen molar-refractivity contribution < 1.29 is 15.0 Å². The van der Waals surface area contributed by atoms with Crippen LogP contribution in [0.1, 0.15) is 48.9 Å². The summed E-state index contributed by atoms with van der Waals surface area (Å²) in [6, 6.07) is 4.68. The van der Waals surface area contributed by atoms with Crippen LogP contribution in [0.15, 0.2) is 22.7 Å². The zero-order chi connectivity index (χ0) is 14.6. The van der Waals surface area contributed by atoms with Gasteiger partial charge >= 0.3 is 0 Å². The zero-order valence-corrected chi connectivity index (χ0v) is 12.9. The van der Waals surface area contributed by atoms with E-state index in [9.17, 15) is 15.0 Å². The van der Waals surface area contributed by atoms with E-state index in [0.29, 0.717) is 10.0 Å². The molecule has 0 bridgehead atoms. The molecule has 1 aliphatic carbocycles. The predicted octanol–water partition coefficient (Wildman–Crippen LogP) is 2.97. The second kappa shape index (κ2) is 6.59. The number of carbonyl (C=O) groups is 1. The number of phenols is 1. The summed E-state index contributed by atoms with van der Waals surface area (Å²) in [4.78, 5) is 12.0. The SMILES string of the molecule is O=C(NCC1(O)CCCCCC1)c1ccc(Br)c(O)c1. The molecule has 1 aliphatic rings. The summed E-state index contributed by atoms with van der Waals surface area (Å²) in [5.41, 5.74) is -0.397. The van der Waals surface area contributed by atoms with E-state index in [0.717, 1.165) is 38.5 Å². The van der Waals surface area contributed by atoms with Crippen molar-refractivity contribution in [1.29, 1.82) is 0 Å². The number of aromatic hydroxyl groups is 1. The van der Waals surface area contributed by atoms with E-state index in [1.54, 1.807) is 12.1 Å². The first-order chi connectivity index (χ1) is 9.50. The van der Waals surface area contributed by atoms with Gasteiger partial charge in [0.25, 0.3) is 5.91 Å². The van der Waals surface area contributed by atoms with E-state index >= 15 is 0 Å². The first-order valence-corrected chi connectivity index (χ1v) is 7.79. The number of hydrogen-bond donors (Lipinski definition) is 3. The molecular formula is C15H20BrNO3. The summed E-state index contributed by atoms with van der Waals surface area (Å²) in [6.07, 6.45) is 5.78. The third-order valence-corrected chi connectivity index (χ3v) is 4.49. The minimum Gasteiger partial charge on any atom is -0.507 e. The van der Waals surface area contributed by atoms with Gasteiger partial charge < -0.3 is 15.5 Å². The van der Waals surface area contributed by atoms with Crippen molar-refractivity contribution >= 4 is 21.8 Å². The molecular weight excluding hydrogens is 322 g/mol. The van der Waals surface area contributed by atoms with Crippen LogP contribution in [0.3, 0.4) is 0 Å². The van der Waals surface area contributed by atoms with Crippen LogP contribution in [0, 0.1) is 0 Å². The lowest BCUT2D eigenvalue weighted by molar-refractivity contribution is 0.0246. The molecule has 20 heavy (non-hydrogen) atoms. The number of amides is 1. The van der Waals surface area contributed by atoms with Crippen molar-refractivity contribution in [3.05, 3.63) is 28.2 Å². The average Bonchev–Trinajstić information content (AvgIpc) is 2.65. The van der Waals surface area contributed by atoms with Crippen LogP contribution in [-0.2, 0) is 0 Å². The van der Waals surface area contributed by atoms with E-state index in [2.05, 4.69) is 21.2 Å². The number of nitrogens with one attached hydrogen (secondary N) is 1. The van der Waals surface area contributed by atoms with Gasteiger partial charge in [0.2, 0.25) is 0 Å². The Labute approximate surface area is 127 Å². The van der Waals surface area contributed by atoms with Crippen molar-refractivity contribution in [3.8, 4) is 5.75 Å². The number of rotatable bonds is 3. The van der Waals surface area contributed by atoms with Gasteiger partial charge in [0.1, 0.15) is 5.75 Å². The molecule has 110 valence electrons. The molecule has 0 spiro atoms. The van der Waals surface area contributed by atoms with E-state index in [1.165, 1.54) is 6.07 Å². The van der Waals surface area contributed by atoms with Gasteiger partial charge in [-0.15, -0.1) is 0 Å². The van der Waals surface area contributed by atoms with Crippen molar-refractivity contribution in [1.82, 2.24) is 5.32 Å². The lowest BCUT2D eigenvalue weighted by Crippen LogP contribution is -2.42. The summed E-state index contributed by atoms with van der Waals surface area (Å²) in [5, 5.41) is 22.8. The maximum Gasteiger partial charge on any atom is 0.251 e. The van der Waals surface area contributed by atoms with Crippen LogP contribution in [0.5, 0.6) is 5.75 Å². The maximum absolute atomic E-state index is 12.0. The van der Waals surface area contributed by atoms with Crippen LogP contribution in [0.2, 0.25) is 0 Å². The van der Waals surface area contributed by atoms with Crippen LogP contribution in [0.25, 0.3) is 0 Å². The van der Waals surface area contributed by atoms with Gasteiger partial charge in [0.15, 0.2) is 0 Å². The van der Waals surface area contributed by atoms with Gasteiger partial charge in [0, 0.05) is 12.1 Å². The molecule has 1 saturated carbocycles. The largest absolute Gasteiger partial charge is 0.507 e. The minimum atomic E-state index is -0.788. The summed E-state index contributed by atoms with van der Waals surface area (Å²) in [6.45, 7) is 0.267. The second-order valence-electron chi connectivity index (χ2n) is 5.49. The van der Waals surface area contributed by atoms with Crippen LogP contribution < -0.4 is 5.32 Å². The van der Waals surface area contributed by atoms with Gasteiger partial charge in [-0.3, -0.25) is 4.79 Å². The molecule has 1 amide bonds. The summed E-state index contributed by atoms with van der Waals surface area (Å²) in [5.74, 6) is -0.240. The molecule has 1 aromatic carbocycles. The fourth-order valence-electron chi connectivity index (χ4n) is 2.56. The van der Waals surface area contributed by atoms with Crippen LogP contribution in [-0.4, -0.2) is 28.3 Å². The predicted molar refractivity (Wildman–Crippen MR) is 80.8 cm³/mol. The summed E-state index contributed by atoms with van der Waals surface area (Å²) >= 11 is 3.18. The molecule has 0 atom stereocenters. The monoisotopic (exact) mass is 341 g/mol. The molecule has 1 aromatic rings. The summed E-state index contributed by atoms with van der Waals surface area (Å²) in [7, 11) is 0. The molecule has 5 heteroatoms. The molecule has 2 rings (SSSR count). The van der Waals surface area contributed by atoms with Crippen molar-refractivity contribution in [3.63, 3.8) is 0 Å². The Hall–Kier alpha value is -1.07. The number of carbonyl (C=O) groups excluding carboxylic acids is 1. The first kappa shape index (κ1) is 15.3. The highest BCUT2D eigenvalue weighted by Gasteiger charge is 2.28. The number of benzene rings is 1. The molecule has 0 aliphatic heterocycles. The third kappa shape index (κ3) is 3.96. The lowest BCUT2D eigenvalue weighted by atomic mass is 9.94. The number of halogens is 1. The average molecular weight is 342 g/mol. The van der Waals surface area contributed by atoms with Gasteiger partial charge in [0.05, 0.1) is 10.1 Å².